The fourth-order valence-electron chi connectivity index (χ4n) is 2.27. The zero-order valence-corrected chi connectivity index (χ0v) is 12.9. The van der Waals surface area contributed by atoms with Gasteiger partial charge < -0.3 is 5.11 Å². The molecule has 2 aromatic rings. The summed E-state index contributed by atoms with van der Waals surface area (Å²) in [6.07, 6.45) is 0. The lowest BCUT2D eigenvalue weighted by atomic mass is 9.88. The molecule has 3 heteroatoms. The van der Waals surface area contributed by atoms with E-state index in [1.54, 1.807) is 6.92 Å². The number of carboxylic acid groups (broad SMARTS) is 1. The Hall–Kier alpha value is -1.80. The van der Waals surface area contributed by atoms with Crippen molar-refractivity contribution in [2.24, 2.45) is 11.8 Å². The standard InChI is InChI=1S/C18H19ClO2/c1-12(13(2)18(20)21)17(19)16-10-8-15(9-11-16)14-6-4-3-5-7-14/h3-13,17H,1-2H3,(H,20,21). The van der Waals surface area contributed by atoms with Crippen LogP contribution in [0.2, 0.25) is 0 Å². The minimum Gasteiger partial charge on any atom is -0.481 e. The van der Waals surface area contributed by atoms with E-state index in [4.69, 9.17) is 16.7 Å². The lowest BCUT2D eigenvalue weighted by Gasteiger charge is -2.22. The fraction of sp³-hybridized carbons (Fsp3) is 0.278. The summed E-state index contributed by atoms with van der Waals surface area (Å²) in [5.41, 5.74) is 3.24. The Kier molecular flexibility index (Phi) is 5.03. The molecule has 0 saturated heterocycles. The van der Waals surface area contributed by atoms with Gasteiger partial charge in [-0.2, -0.15) is 0 Å². The molecule has 0 aromatic heterocycles. The molecular formula is C18H19ClO2. The lowest BCUT2D eigenvalue weighted by molar-refractivity contribution is -0.142. The first kappa shape index (κ1) is 15.6. The summed E-state index contributed by atoms with van der Waals surface area (Å²) < 4.78 is 0. The molecule has 0 bridgehead atoms. The van der Waals surface area contributed by atoms with Crippen LogP contribution < -0.4 is 0 Å². The smallest absolute Gasteiger partial charge is 0.306 e. The number of carboxylic acids is 1. The summed E-state index contributed by atoms with van der Waals surface area (Å²) in [5, 5.41) is 8.78. The molecule has 2 rings (SSSR count). The summed E-state index contributed by atoms with van der Waals surface area (Å²) in [4.78, 5) is 11.1. The van der Waals surface area contributed by atoms with E-state index in [0.717, 1.165) is 16.7 Å². The molecule has 3 unspecified atom stereocenters. The number of alkyl halides is 1. The maximum Gasteiger partial charge on any atom is 0.306 e. The largest absolute Gasteiger partial charge is 0.481 e. The van der Waals surface area contributed by atoms with Crippen molar-refractivity contribution < 1.29 is 9.90 Å². The van der Waals surface area contributed by atoms with Crippen LogP contribution in [0, 0.1) is 11.8 Å². The third-order valence-electron chi connectivity index (χ3n) is 3.98. The van der Waals surface area contributed by atoms with E-state index in [0.29, 0.717) is 0 Å². The second-order valence-electron chi connectivity index (χ2n) is 5.38. The topological polar surface area (TPSA) is 37.3 Å². The predicted molar refractivity (Wildman–Crippen MR) is 86.4 cm³/mol. The van der Waals surface area contributed by atoms with E-state index in [2.05, 4.69) is 12.1 Å². The first-order valence-electron chi connectivity index (χ1n) is 7.03. The maximum atomic E-state index is 11.1. The number of hydrogen-bond acceptors (Lipinski definition) is 1. The Labute approximate surface area is 130 Å². The highest BCUT2D eigenvalue weighted by atomic mass is 35.5. The Bertz CT molecular complexity index is 592. The fourth-order valence-corrected chi connectivity index (χ4v) is 2.64. The average Bonchev–Trinajstić information content (AvgIpc) is 2.53. The minimum absolute atomic E-state index is 0.133. The molecule has 0 amide bonds. The Morgan fingerprint density at radius 3 is 2.00 bits per heavy atom. The molecule has 21 heavy (non-hydrogen) atoms. The number of aliphatic carboxylic acids is 1. The number of halogens is 1. The third-order valence-corrected chi connectivity index (χ3v) is 4.63. The van der Waals surface area contributed by atoms with Crippen LogP contribution in [0.4, 0.5) is 0 Å². The molecule has 0 heterocycles. The van der Waals surface area contributed by atoms with E-state index in [1.165, 1.54) is 0 Å². The van der Waals surface area contributed by atoms with Gasteiger partial charge in [0.1, 0.15) is 0 Å². The van der Waals surface area contributed by atoms with Gasteiger partial charge in [-0.3, -0.25) is 4.79 Å². The van der Waals surface area contributed by atoms with Crippen molar-refractivity contribution in [1.29, 1.82) is 0 Å². The van der Waals surface area contributed by atoms with E-state index in [1.807, 2.05) is 49.4 Å². The van der Waals surface area contributed by atoms with Gasteiger partial charge in [0.15, 0.2) is 0 Å². The van der Waals surface area contributed by atoms with Crippen LogP contribution in [-0.4, -0.2) is 11.1 Å². The molecule has 0 aliphatic heterocycles. The average molecular weight is 303 g/mol. The highest BCUT2D eigenvalue weighted by Crippen LogP contribution is 2.34. The number of rotatable bonds is 5. The highest BCUT2D eigenvalue weighted by Gasteiger charge is 2.26. The van der Waals surface area contributed by atoms with Crippen molar-refractivity contribution in [3.63, 3.8) is 0 Å². The van der Waals surface area contributed by atoms with Crippen molar-refractivity contribution in [2.75, 3.05) is 0 Å². The Balaban J connectivity index is 2.17. The van der Waals surface area contributed by atoms with Crippen molar-refractivity contribution in [2.45, 2.75) is 19.2 Å². The third kappa shape index (κ3) is 3.64. The number of carbonyl (C=O) groups is 1. The monoisotopic (exact) mass is 302 g/mol. The second kappa shape index (κ2) is 6.77. The zero-order valence-electron chi connectivity index (χ0n) is 12.2. The van der Waals surface area contributed by atoms with Crippen molar-refractivity contribution in [3.8, 4) is 11.1 Å². The van der Waals surface area contributed by atoms with Crippen LogP contribution in [0.1, 0.15) is 24.8 Å². The molecule has 2 nitrogen and oxygen atoms in total. The lowest BCUT2D eigenvalue weighted by Crippen LogP contribution is -2.21. The van der Waals surface area contributed by atoms with Crippen molar-refractivity contribution >= 4 is 17.6 Å². The maximum absolute atomic E-state index is 11.1. The number of hydrogen-bond donors (Lipinski definition) is 1. The molecule has 0 fully saturated rings. The van der Waals surface area contributed by atoms with Gasteiger partial charge >= 0.3 is 5.97 Å². The molecule has 0 aliphatic rings. The van der Waals surface area contributed by atoms with E-state index in [-0.39, 0.29) is 11.3 Å². The van der Waals surface area contributed by atoms with Crippen LogP contribution in [0.5, 0.6) is 0 Å². The van der Waals surface area contributed by atoms with Crippen molar-refractivity contribution in [1.82, 2.24) is 0 Å². The minimum atomic E-state index is -0.811. The van der Waals surface area contributed by atoms with Gasteiger partial charge in [0.05, 0.1) is 11.3 Å². The molecule has 0 saturated carbocycles. The molecule has 1 N–H and O–H groups in total. The first-order chi connectivity index (χ1) is 10.0. The summed E-state index contributed by atoms with van der Waals surface area (Å²) in [6, 6.07) is 18.1. The number of benzene rings is 2. The predicted octanol–water partition coefficient (Wildman–Crippen LogP) is 4.99. The van der Waals surface area contributed by atoms with Crippen LogP contribution >= 0.6 is 11.6 Å². The molecule has 110 valence electrons. The Morgan fingerprint density at radius 1 is 0.952 bits per heavy atom. The molecule has 0 spiro atoms. The second-order valence-corrected chi connectivity index (χ2v) is 5.85. The summed E-state index contributed by atoms with van der Waals surface area (Å²) in [7, 11) is 0. The van der Waals surface area contributed by atoms with Gasteiger partial charge in [-0.1, -0.05) is 68.4 Å². The van der Waals surface area contributed by atoms with E-state index in [9.17, 15) is 4.79 Å². The first-order valence-corrected chi connectivity index (χ1v) is 7.46. The quantitative estimate of drug-likeness (QED) is 0.790. The van der Waals surface area contributed by atoms with Crippen LogP contribution in [0.25, 0.3) is 11.1 Å². The van der Waals surface area contributed by atoms with Crippen molar-refractivity contribution in [3.05, 3.63) is 60.2 Å². The van der Waals surface area contributed by atoms with E-state index >= 15 is 0 Å². The van der Waals surface area contributed by atoms with Gasteiger partial charge in [-0.25, -0.2) is 0 Å². The van der Waals surface area contributed by atoms with Gasteiger partial charge in [0, 0.05) is 0 Å². The molecule has 3 atom stereocenters. The molecule has 0 radical (unpaired) electrons. The van der Waals surface area contributed by atoms with Gasteiger partial charge in [-0.05, 0) is 22.6 Å². The van der Waals surface area contributed by atoms with E-state index < -0.39 is 11.9 Å². The summed E-state index contributed by atoms with van der Waals surface area (Å²) >= 11 is 6.43. The van der Waals surface area contributed by atoms with Gasteiger partial charge in [0.25, 0.3) is 0 Å². The van der Waals surface area contributed by atoms with Crippen LogP contribution in [0.15, 0.2) is 54.6 Å². The summed E-state index contributed by atoms with van der Waals surface area (Å²) in [6.45, 7) is 3.57. The molecular weight excluding hydrogens is 284 g/mol. The van der Waals surface area contributed by atoms with Crippen LogP contribution in [0.3, 0.4) is 0 Å². The molecule has 2 aromatic carbocycles. The Morgan fingerprint density at radius 2 is 1.48 bits per heavy atom. The highest BCUT2D eigenvalue weighted by molar-refractivity contribution is 6.21. The van der Waals surface area contributed by atoms with Gasteiger partial charge in [0.2, 0.25) is 0 Å². The van der Waals surface area contributed by atoms with Gasteiger partial charge in [-0.15, -0.1) is 11.6 Å². The normalized spacial score (nSPS) is 15.2. The summed E-state index contributed by atoms with van der Waals surface area (Å²) in [5.74, 6) is -1.41. The molecule has 0 aliphatic carbocycles. The SMILES string of the molecule is CC(C(=O)O)C(C)C(Cl)c1ccc(-c2ccccc2)cc1. The zero-order chi connectivity index (χ0) is 15.4. The van der Waals surface area contributed by atoms with Crippen LogP contribution in [-0.2, 0) is 4.79 Å².